The molecule has 26 heavy (non-hydrogen) atoms. The molecule has 0 saturated carbocycles. The summed E-state index contributed by atoms with van der Waals surface area (Å²) in [6, 6.07) is 20.8. The van der Waals surface area contributed by atoms with Gasteiger partial charge in [0, 0.05) is 28.8 Å². The van der Waals surface area contributed by atoms with E-state index in [1.54, 1.807) is 11.8 Å². The largest absolute Gasteiger partial charge is 0.426 e. The van der Waals surface area contributed by atoms with Crippen LogP contribution in [0.3, 0.4) is 0 Å². The molecule has 0 saturated heterocycles. The fourth-order valence-electron chi connectivity index (χ4n) is 3.79. The average molecular weight is 358 g/mol. The fraction of sp³-hybridized carbons (Fsp3) is 0.0909. The molecule has 0 unspecified atom stereocenters. The van der Waals surface area contributed by atoms with Crippen molar-refractivity contribution in [3.05, 3.63) is 60.7 Å². The summed E-state index contributed by atoms with van der Waals surface area (Å²) >= 11 is 1.75. The lowest BCUT2D eigenvalue weighted by molar-refractivity contribution is -0.617. The van der Waals surface area contributed by atoms with Crippen molar-refractivity contribution >= 4 is 39.5 Å². The zero-order valence-corrected chi connectivity index (χ0v) is 15.3. The molecule has 126 valence electrons. The minimum absolute atomic E-state index is 0.304. The number of benzene rings is 3. The number of hydrogen-bond donors (Lipinski definition) is 0. The van der Waals surface area contributed by atoms with Gasteiger partial charge in [0.15, 0.2) is 0 Å². The first kappa shape index (κ1) is 15.4. The fourth-order valence-corrected chi connectivity index (χ4v) is 5.07. The van der Waals surface area contributed by atoms with E-state index in [1.807, 2.05) is 12.1 Å². The quantitative estimate of drug-likeness (QED) is 0.185. The Morgan fingerprint density at radius 1 is 0.885 bits per heavy atom. The van der Waals surface area contributed by atoms with E-state index in [2.05, 4.69) is 60.1 Å². The number of rotatable bonds is 1. The Bertz CT molecular complexity index is 1230. The van der Waals surface area contributed by atoms with Crippen molar-refractivity contribution in [2.24, 2.45) is 7.05 Å². The second-order valence-electron chi connectivity index (χ2n) is 6.43. The van der Waals surface area contributed by atoms with E-state index in [0.717, 1.165) is 15.8 Å². The third-order valence-corrected chi connectivity index (χ3v) is 6.05. The Balaban J connectivity index is 2.01. The number of aryl methyl sites for hydroxylation is 1. The molecule has 5 rings (SSSR count). The van der Waals surface area contributed by atoms with E-state index < -0.39 is 0 Å². The van der Waals surface area contributed by atoms with Gasteiger partial charge in [0.05, 0.1) is 5.39 Å². The van der Waals surface area contributed by atoms with Gasteiger partial charge in [-0.2, -0.15) is 4.57 Å². The van der Waals surface area contributed by atoms with E-state index in [9.17, 15) is 4.79 Å². The van der Waals surface area contributed by atoms with Crippen LogP contribution >= 0.6 is 11.8 Å². The van der Waals surface area contributed by atoms with Gasteiger partial charge in [0.25, 0.3) is 0 Å². The molecule has 0 fully saturated rings. The molecule has 3 aromatic carbocycles. The van der Waals surface area contributed by atoms with Crippen LogP contribution in [0.1, 0.15) is 6.92 Å². The molecule has 0 radical (unpaired) electrons. The molecule has 2 heterocycles. The maximum atomic E-state index is 11.6. The summed E-state index contributed by atoms with van der Waals surface area (Å²) in [6.45, 7) is 1.44. The Labute approximate surface area is 155 Å². The Hall–Kier alpha value is -2.85. The summed E-state index contributed by atoms with van der Waals surface area (Å²) in [7, 11) is 2.06. The van der Waals surface area contributed by atoms with E-state index in [-0.39, 0.29) is 5.97 Å². The molecule has 4 aromatic rings. The monoisotopic (exact) mass is 358 g/mol. The second-order valence-corrected chi connectivity index (χ2v) is 7.48. The molecule has 1 aliphatic heterocycles. The molecular formula is C22H16NO2S+. The number of nitrogens with zero attached hydrogens (tertiary/aromatic N) is 1. The molecule has 0 N–H and O–H groups in total. The minimum atomic E-state index is -0.304. The van der Waals surface area contributed by atoms with E-state index in [4.69, 9.17) is 4.74 Å². The number of pyridine rings is 1. The molecular weight excluding hydrogens is 342 g/mol. The zero-order chi connectivity index (χ0) is 17.8. The highest BCUT2D eigenvalue weighted by atomic mass is 32.2. The molecule has 3 nitrogen and oxygen atoms in total. The SMILES string of the molecule is CC(=O)Oc1cccc2c1c1c3c(cccc3[n+]2C)-c2ccccc2S1. The Morgan fingerprint density at radius 2 is 1.58 bits per heavy atom. The highest BCUT2D eigenvalue weighted by Crippen LogP contribution is 2.50. The van der Waals surface area contributed by atoms with Crippen LogP contribution < -0.4 is 9.30 Å². The number of hydrogen-bond acceptors (Lipinski definition) is 3. The van der Waals surface area contributed by atoms with Crippen molar-refractivity contribution in [3.8, 4) is 16.9 Å². The van der Waals surface area contributed by atoms with Crippen LogP contribution in [-0.4, -0.2) is 5.97 Å². The first-order chi connectivity index (χ1) is 12.6. The predicted molar refractivity (Wildman–Crippen MR) is 103 cm³/mol. The molecule has 0 atom stereocenters. The molecule has 0 amide bonds. The normalized spacial score (nSPS) is 12.2. The molecule has 1 aromatic heterocycles. The van der Waals surface area contributed by atoms with Gasteiger partial charge in [-0.05, 0) is 23.3 Å². The van der Waals surface area contributed by atoms with Gasteiger partial charge in [-0.3, -0.25) is 4.79 Å². The van der Waals surface area contributed by atoms with Crippen LogP contribution in [0.2, 0.25) is 0 Å². The maximum Gasteiger partial charge on any atom is 0.308 e. The number of ether oxygens (including phenoxy) is 1. The maximum absolute atomic E-state index is 11.6. The molecule has 1 aliphatic rings. The van der Waals surface area contributed by atoms with Gasteiger partial charge in [-0.25, -0.2) is 0 Å². The van der Waals surface area contributed by atoms with Crippen molar-refractivity contribution in [3.63, 3.8) is 0 Å². The van der Waals surface area contributed by atoms with Gasteiger partial charge in [0.1, 0.15) is 18.2 Å². The standard InChI is InChI=1S/C22H16NO2S/c1-13(24)25-18-11-6-10-17-21(18)22-20-15(8-5-9-16(20)23(17)2)14-7-3-4-12-19(14)26-22/h3-12H,1-2H3/q+1. The lowest BCUT2D eigenvalue weighted by atomic mass is 9.98. The van der Waals surface area contributed by atoms with Gasteiger partial charge in [-0.1, -0.05) is 48.2 Å². The number of carbonyl (C=O) groups excluding carboxylic acids is 1. The van der Waals surface area contributed by atoms with Crippen molar-refractivity contribution < 1.29 is 14.1 Å². The highest BCUT2D eigenvalue weighted by Gasteiger charge is 2.28. The van der Waals surface area contributed by atoms with Gasteiger partial charge >= 0.3 is 5.97 Å². The topological polar surface area (TPSA) is 30.2 Å². The number of esters is 1. The van der Waals surface area contributed by atoms with Crippen LogP contribution in [0.25, 0.3) is 32.9 Å². The van der Waals surface area contributed by atoms with Crippen molar-refractivity contribution in [2.75, 3.05) is 0 Å². The first-order valence-corrected chi connectivity index (χ1v) is 9.30. The number of fused-ring (bicyclic) bond motifs is 4. The minimum Gasteiger partial charge on any atom is -0.426 e. The predicted octanol–water partition coefficient (Wildman–Crippen LogP) is 4.87. The smallest absolute Gasteiger partial charge is 0.308 e. The second kappa shape index (κ2) is 5.58. The summed E-state index contributed by atoms with van der Waals surface area (Å²) in [5.74, 6) is 0.311. The van der Waals surface area contributed by atoms with Gasteiger partial charge in [0.2, 0.25) is 11.0 Å². The zero-order valence-electron chi connectivity index (χ0n) is 14.4. The summed E-state index contributed by atoms with van der Waals surface area (Å²) in [4.78, 5) is 14.0. The first-order valence-electron chi connectivity index (χ1n) is 8.48. The molecule has 0 aliphatic carbocycles. The summed E-state index contributed by atoms with van der Waals surface area (Å²) in [5, 5.41) is 2.20. The third-order valence-electron chi connectivity index (χ3n) is 4.87. The van der Waals surface area contributed by atoms with E-state index >= 15 is 0 Å². The number of carbonyl (C=O) groups is 1. The lowest BCUT2D eigenvalue weighted by Gasteiger charge is -2.21. The van der Waals surface area contributed by atoms with E-state index in [0.29, 0.717) is 5.75 Å². The van der Waals surface area contributed by atoms with Crippen molar-refractivity contribution in [1.82, 2.24) is 0 Å². The molecule has 0 spiro atoms. The van der Waals surface area contributed by atoms with Crippen molar-refractivity contribution in [2.45, 2.75) is 16.7 Å². The van der Waals surface area contributed by atoms with Crippen LogP contribution in [0.4, 0.5) is 0 Å². The van der Waals surface area contributed by atoms with Crippen LogP contribution in [-0.2, 0) is 11.8 Å². The average Bonchev–Trinajstić information content (AvgIpc) is 2.65. The lowest BCUT2D eigenvalue weighted by Crippen LogP contribution is -2.31. The third kappa shape index (κ3) is 2.09. The summed E-state index contributed by atoms with van der Waals surface area (Å²) in [5.41, 5.74) is 4.70. The summed E-state index contributed by atoms with van der Waals surface area (Å²) in [6.07, 6.45) is 0. The Kier molecular flexibility index (Phi) is 3.31. The van der Waals surface area contributed by atoms with Gasteiger partial charge < -0.3 is 4.74 Å². The van der Waals surface area contributed by atoms with E-state index in [1.165, 1.54) is 33.8 Å². The number of aromatic nitrogens is 1. The summed E-state index contributed by atoms with van der Waals surface area (Å²) < 4.78 is 7.74. The molecule has 0 bridgehead atoms. The van der Waals surface area contributed by atoms with Gasteiger partial charge in [-0.15, -0.1) is 0 Å². The van der Waals surface area contributed by atoms with Crippen molar-refractivity contribution in [1.29, 1.82) is 0 Å². The van der Waals surface area contributed by atoms with Crippen LogP contribution in [0.5, 0.6) is 5.75 Å². The molecule has 4 heteroatoms. The van der Waals surface area contributed by atoms with Crippen LogP contribution in [0.15, 0.2) is 70.5 Å². The Morgan fingerprint density at radius 3 is 2.38 bits per heavy atom. The highest BCUT2D eigenvalue weighted by molar-refractivity contribution is 8.00. The van der Waals surface area contributed by atoms with Crippen LogP contribution in [0, 0.1) is 0 Å².